The number of nitrogens with zero attached hydrogens (tertiary/aromatic N) is 2. The Balaban J connectivity index is 1.55. The largest absolute Gasteiger partial charge is 0.376 e. The Morgan fingerprint density at radius 3 is 2.68 bits per heavy atom. The highest BCUT2D eigenvalue weighted by Gasteiger charge is 2.27. The first-order valence-corrected chi connectivity index (χ1v) is 12.3. The number of ether oxygens (including phenoxy) is 1. The van der Waals surface area contributed by atoms with E-state index in [0.29, 0.717) is 23.7 Å². The minimum Gasteiger partial charge on any atom is -0.376 e. The number of carbonyl (C=O) groups excluding carboxylic acids is 2. The maximum Gasteiger partial charge on any atom is 0.257 e. The number of aryl methyl sites for hydroxylation is 1. The van der Waals surface area contributed by atoms with Crippen molar-refractivity contribution < 1.29 is 14.3 Å². The van der Waals surface area contributed by atoms with Crippen LogP contribution in [0.15, 0.2) is 76.8 Å². The van der Waals surface area contributed by atoms with Gasteiger partial charge >= 0.3 is 0 Å². The summed E-state index contributed by atoms with van der Waals surface area (Å²) in [6, 6.07) is 19.1. The molecule has 0 radical (unpaired) electrons. The summed E-state index contributed by atoms with van der Waals surface area (Å²) in [5.74, 6) is -0.459. The summed E-state index contributed by atoms with van der Waals surface area (Å²) in [5.41, 5.74) is 3.36. The number of hydrogen-bond donors (Lipinski definition) is 1. The van der Waals surface area contributed by atoms with Crippen LogP contribution < -0.4 is 5.32 Å². The molecule has 1 aliphatic rings. The zero-order chi connectivity index (χ0) is 23.9. The van der Waals surface area contributed by atoms with Crippen molar-refractivity contribution in [2.75, 3.05) is 25.0 Å². The van der Waals surface area contributed by atoms with E-state index < -0.39 is 0 Å². The summed E-state index contributed by atoms with van der Waals surface area (Å²) in [4.78, 5) is 33.7. The molecule has 1 saturated heterocycles. The second kappa shape index (κ2) is 11.3. The van der Waals surface area contributed by atoms with Crippen LogP contribution in [-0.4, -0.2) is 47.5 Å². The molecule has 2 aromatic carbocycles. The molecule has 1 N–H and O–H groups in total. The van der Waals surface area contributed by atoms with Crippen molar-refractivity contribution in [1.82, 2.24) is 9.88 Å². The maximum atomic E-state index is 13.7. The van der Waals surface area contributed by atoms with Crippen LogP contribution in [-0.2, 0) is 9.53 Å². The summed E-state index contributed by atoms with van der Waals surface area (Å²) < 4.78 is 5.78. The molecule has 176 valence electrons. The summed E-state index contributed by atoms with van der Waals surface area (Å²) in [6.07, 6.45) is 3.45. The molecule has 3 aromatic rings. The number of rotatable bonds is 8. The van der Waals surface area contributed by atoms with E-state index in [1.165, 1.54) is 11.8 Å². The van der Waals surface area contributed by atoms with Crippen molar-refractivity contribution in [3.8, 4) is 0 Å². The third-order valence-electron chi connectivity index (χ3n) is 5.91. The summed E-state index contributed by atoms with van der Waals surface area (Å²) >= 11 is 1.44. The van der Waals surface area contributed by atoms with Crippen LogP contribution in [0.3, 0.4) is 0 Å². The Kier molecular flexibility index (Phi) is 7.98. The molecule has 0 saturated carbocycles. The number of nitrogens with one attached hydrogen (secondary N) is 1. The van der Waals surface area contributed by atoms with Gasteiger partial charge in [-0.2, -0.15) is 0 Å². The average molecular weight is 476 g/mol. The van der Waals surface area contributed by atoms with Crippen molar-refractivity contribution >= 4 is 29.3 Å². The Hall–Kier alpha value is -3.16. The van der Waals surface area contributed by atoms with E-state index in [1.54, 1.807) is 23.2 Å². The van der Waals surface area contributed by atoms with Gasteiger partial charge in [-0.25, -0.2) is 4.98 Å². The van der Waals surface area contributed by atoms with Crippen LogP contribution in [0, 0.1) is 13.8 Å². The van der Waals surface area contributed by atoms with Gasteiger partial charge in [0.1, 0.15) is 11.6 Å². The molecule has 1 fully saturated rings. The highest BCUT2D eigenvalue weighted by molar-refractivity contribution is 7.99. The van der Waals surface area contributed by atoms with E-state index in [0.717, 1.165) is 34.6 Å². The number of pyridine rings is 1. The lowest BCUT2D eigenvalue weighted by molar-refractivity contribution is -0.117. The van der Waals surface area contributed by atoms with E-state index >= 15 is 0 Å². The van der Waals surface area contributed by atoms with Crippen molar-refractivity contribution in [3.05, 3.63) is 83.6 Å². The number of hydrogen-bond acceptors (Lipinski definition) is 5. The summed E-state index contributed by atoms with van der Waals surface area (Å²) in [5, 5.41) is 3.59. The zero-order valence-corrected chi connectivity index (χ0v) is 20.3. The van der Waals surface area contributed by atoms with Crippen LogP contribution in [0.4, 0.5) is 5.69 Å². The van der Waals surface area contributed by atoms with E-state index in [2.05, 4.69) is 10.3 Å². The van der Waals surface area contributed by atoms with Crippen molar-refractivity contribution in [1.29, 1.82) is 0 Å². The van der Waals surface area contributed by atoms with Gasteiger partial charge in [-0.15, -0.1) is 0 Å². The molecule has 7 heteroatoms. The van der Waals surface area contributed by atoms with Gasteiger partial charge in [-0.3, -0.25) is 9.59 Å². The maximum absolute atomic E-state index is 13.7. The Labute approximate surface area is 204 Å². The van der Waals surface area contributed by atoms with Crippen LogP contribution >= 0.6 is 11.8 Å². The lowest BCUT2D eigenvalue weighted by Crippen LogP contribution is -2.42. The van der Waals surface area contributed by atoms with Crippen molar-refractivity contribution in [2.24, 2.45) is 0 Å². The molecular weight excluding hydrogens is 446 g/mol. The minimum atomic E-state index is -0.235. The monoisotopic (exact) mass is 475 g/mol. The number of benzene rings is 2. The molecule has 34 heavy (non-hydrogen) atoms. The van der Waals surface area contributed by atoms with Crippen molar-refractivity contribution in [2.45, 2.75) is 42.7 Å². The third kappa shape index (κ3) is 6.04. The molecule has 0 spiro atoms. The lowest BCUT2D eigenvalue weighted by Gasteiger charge is -2.26. The fourth-order valence-electron chi connectivity index (χ4n) is 3.91. The average Bonchev–Trinajstić information content (AvgIpc) is 3.35. The summed E-state index contributed by atoms with van der Waals surface area (Å²) in [7, 11) is 0. The number of anilines is 1. The zero-order valence-electron chi connectivity index (χ0n) is 19.5. The normalized spacial score (nSPS) is 15.2. The molecule has 1 aromatic heterocycles. The highest BCUT2D eigenvalue weighted by Crippen LogP contribution is 2.29. The molecule has 2 amide bonds. The van der Waals surface area contributed by atoms with Crippen LogP contribution in [0.1, 0.15) is 34.3 Å². The van der Waals surface area contributed by atoms with Gasteiger partial charge in [0.2, 0.25) is 5.91 Å². The number of amides is 2. The van der Waals surface area contributed by atoms with Crippen LogP contribution in [0.2, 0.25) is 0 Å². The molecule has 6 nitrogen and oxygen atoms in total. The predicted molar refractivity (Wildman–Crippen MR) is 134 cm³/mol. The Bertz CT molecular complexity index is 1150. The first-order valence-electron chi connectivity index (χ1n) is 11.5. The molecule has 0 bridgehead atoms. The summed E-state index contributed by atoms with van der Waals surface area (Å²) in [6.45, 7) is 4.97. The first-order chi connectivity index (χ1) is 16.5. The smallest absolute Gasteiger partial charge is 0.257 e. The lowest BCUT2D eigenvalue weighted by atomic mass is 10.1. The van der Waals surface area contributed by atoms with Gasteiger partial charge in [-0.05, 0) is 68.1 Å². The van der Waals surface area contributed by atoms with Gasteiger partial charge in [0.25, 0.3) is 5.91 Å². The minimum absolute atomic E-state index is 0.0591. The van der Waals surface area contributed by atoms with Crippen LogP contribution in [0.25, 0.3) is 0 Å². The van der Waals surface area contributed by atoms with Gasteiger partial charge < -0.3 is 15.0 Å². The topological polar surface area (TPSA) is 71.5 Å². The standard InChI is InChI=1S/C27H29N3O3S/c1-19-9-6-14-24(20(19)2)29-25(31)18-30(17-21-10-8-16-33-21)27(32)23-13-7-15-28-26(23)34-22-11-4-3-5-12-22/h3-7,9,11-15,21H,8,10,16-18H2,1-2H3,(H,29,31). The highest BCUT2D eigenvalue weighted by atomic mass is 32.2. The number of aromatic nitrogens is 1. The molecule has 1 aliphatic heterocycles. The molecule has 4 rings (SSSR count). The fraction of sp³-hybridized carbons (Fsp3) is 0.296. The van der Waals surface area contributed by atoms with Crippen LogP contribution in [0.5, 0.6) is 0 Å². The van der Waals surface area contributed by atoms with Gasteiger partial charge in [0.05, 0.1) is 11.7 Å². The molecule has 1 unspecified atom stereocenters. The van der Waals surface area contributed by atoms with E-state index in [1.807, 2.05) is 62.4 Å². The van der Waals surface area contributed by atoms with Gasteiger partial charge in [0.15, 0.2) is 0 Å². The molecular formula is C27H29N3O3S. The Morgan fingerprint density at radius 1 is 1.09 bits per heavy atom. The fourth-order valence-corrected chi connectivity index (χ4v) is 4.80. The number of carbonyl (C=O) groups is 2. The second-order valence-electron chi connectivity index (χ2n) is 8.39. The van der Waals surface area contributed by atoms with Gasteiger partial charge in [-0.1, -0.05) is 42.1 Å². The molecule has 1 atom stereocenters. The Morgan fingerprint density at radius 2 is 1.91 bits per heavy atom. The predicted octanol–water partition coefficient (Wildman–Crippen LogP) is 5.11. The first kappa shape index (κ1) is 24.0. The quantitative estimate of drug-likeness (QED) is 0.490. The van der Waals surface area contributed by atoms with E-state index in [-0.39, 0.29) is 24.5 Å². The van der Waals surface area contributed by atoms with Gasteiger partial charge in [0, 0.05) is 29.9 Å². The van der Waals surface area contributed by atoms with Crippen molar-refractivity contribution in [3.63, 3.8) is 0 Å². The molecule has 0 aliphatic carbocycles. The van der Waals surface area contributed by atoms with E-state index in [4.69, 9.17) is 4.74 Å². The second-order valence-corrected chi connectivity index (χ2v) is 9.45. The third-order valence-corrected chi connectivity index (χ3v) is 6.93. The SMILES string of the molecule is Cc1cccc(NC(=O)CN(CC2CCCO2)C(=O)c2cccnc2Sc2ccccc2)c1C. The van der Waals surface area contributed by atoms with E-state index in [9.17, 15) is 9.59 Å². The molecule has 2 heterocycles.